The van der Waals surface area contributed by atoms with Crippen LogP contribution in [-0.4, -0.2) is 39.0 Å². The van der Waals surface area contributed by atoms with Gasteiger partial charge in [0.2, 0.25) is 10.0 Å². The fourth-order valence-corrected chi connectivity index (χ4v) is 4.33. The molecule has 0 amide bonds. The van der Waals surface area contributed by atoms with Crippen LogP contribution in [-0.2, 0) is 20.5 Å². The van der Waals surface area contributed by atoms with Gasteiger partial charge in [0.05, 0.1) is 12.4 Å². The molecule has 4 nitrogen and oxygen atoms in total. The number of ether oxygens (including phenoxy) is 1. The van der Waals surface area contributed by atoms with Gasteiger partial charge in [0.25, 0.3) is 0 Å². The normalized spacial score (nSPS) is 17.5. The average molecular weight is 323 g/mol. The molecule has 1 heterocycles. The minimum Gasteiger partial charge on any atom is -0.377 e. The molecule has 0 atom stereocenters. The summed E-state index contributed by atoms with van der Waals surface area (Å²) in [5, 5.41) is 0. The highest BCUT2D eigenvalue weighted by atomic mass is 32.2. The Bertz CT molecular complexity index is 590. The monoisotopic (exact) mass is 323 g/mol. The van der Waals surface area contributed by atoms with Crippen molar-refractivity contribution in [3.05, 3.63) is 48.0 Å². The fourth-order valence-electron chi connectivity index (χ4n) is 2.78. The van der Waals surface area contributed by atoms with Crippen LogP contribution in [0.15, 0.2) is 36.9 Å². The summed E-state index contributed by atoms with van der Waals surface area (Å²) in [6.07, 6.45) is 3.47. The lowest BCUT2D eigenvalue weighted by atomic mass is 9.99. The van der Waals surface area contributed by atoms with Crippen LogP contribution < -0.4 is 0 Å². The summed E-state index contributed by atoms with van der Waals surface area (Å²) in [6, 6.07) is 7.70. The third-order valence-electron chi connectivity index (χ3n) is 3.99. The van der Waals surface area contributed by atoms with Gasteiger partial charge in [-0.1, -0.05) is 35.9 Å². The molecule has 1 saturated heterocycles. The Hall–Kier alpha value is -1.17. The summed E-state index contributed by atoms with van der Waals surface area (Å²) in [4.78, 5) is 0. The molecule has 22 heavy (non-hydrogen) atoms. The summed E-state index contributed by atoms with van der Waals surface area (Å²) in [7, 11) is -3.23. The molecule has 0 aromatic heterocycles. The van der Waals surface area contributed by atoms with Crippen molar-refractivity contribution in [2.75, 3.05) is 26.3 Å². The Morgan fingerprint density at radius 2 is 2.09 bits per heavy atom. The van der Waals surface area contributed by atoms with Crippen LogP contribution in [0, 0.1) is 12.8 Å². The van der Waals surface area contributed by atoms with Crippen molar-refractivity contribution in [3.63, 3.8) is 0 Å². The second kappa shape index (κ2) is 7.90. The zero-order valence-electron chi connectivity index (χ0n) is 13.2. The number of nitrogens with zero attached hydrogens (tertiary/aromatic N) is 1. The zero-order chi connectivity index (χ0) is 16.0. The van der Waals surface area contributed by atoms with Gasteiger partial charge in [0, 0.05) is 19.7 Å². The molecule has 0 radical (unpaired) electrons. The van der Waals surface area contributed by atoms with Crippen molar-refractivity contribution in [2.45, 2.75) is 25.5 Å². The Balaban J connectivity index is 1.88. The Morgan fingerprint density at radius 1 is 1.36 bits per heavy atom. The predicted molar refractivity (Wildman–Crippen MR) is 89.1 cm³/mol. The van der Waals surface area contributed by atoms with E-state index in [-0.39, 0.29) is 5.75 Å². The van der Waals surface area contributed by atoms with Gasteiger partial charge in [-0.3, -0.25) is 0 Å². The summed E-state index contributed by atoms with van der Waals surface area (Å²) in [5.41, 5.74) is 1.95. The number of aryl methyl sites for hydroxylation is 1. The molecular weight excluding hydrogens is 298 g/mol. The van der Waals surface area contributed by atoms with E-state index >= 15 is 0 Å². The number of benzene rings is 1. The van der Waals surface area contributed by atoms with Crippen molar-refractivity contribution in [1.29, 1.82) is 0 Å². The van der Waals surface area contributed by atoms with Crippen LogP contribution in [0.2, 0.25) is 0 Å². The van der Waals surface area contributed by atoms with Gasteiger partial charge in [0.15, 0.2) is 0 Å². The van der Waals surface area contributed by atoms with Crippen molar-refractivity contribution in [1.82, 2.24) is 4.31 Å². The highest BCUT2D eigenvalue weighted by Gasteiger charge is 2.28. The quantitative estimate of drug-likeness (QED) is 0.572. The molecule has 5 heteroatoms. The summed E-state index contributed by atoms with van der Waals surface area (Å²) < 4.78 is 32.1. The predicted octanol–water partition coefficient (Wildman–Crippen LogP) is 2.74. The highest BCUT2D eigenvalue weighted by molar-refractivity contribution is 7.88. The molecule has 0 N–H and O–H groups in total. The SMILES string of the molecule is C=CCOCC1CCN(S(=O)(=O)Cc2cccc(C)c2)CC1. The fraction of sp³-hybridized carbons (Fsp3) is 0.529. The first-order valence-electron chi connectivity index (χ1n) is 7.73. The first-order valence-corrected chi connectivity index (χ1v) is 9.34. The third-order valence-corrected chi connectivity index (χ3v) is 5.84. The van der Waals surface area contributed by atoms with Crippen LogP contribution >= 0.6 is 0 Å². The number of piperidine rings is 1. The zero-order valence-corrected chi connectivity index (χ0v) is 14.0. The van der Waals surface area contributed by atoms with E-state index in [1.165, 1.54) is 0 Å². The maximum atomic E-state index is 12.5. The lowest BCUT2D eigenvalue weighted by Crippen LogP contribution is -2.40. The first-order chi connectivity index (χ1) is 10.5. The maximum Gasteiger partial charge on any atom is 0.218 e. The average Bonchev–Trinajstić information content (AvgIpc) is 2.47. The van der Waals surface area contributed by atoms with E-state index < -0.39 is 10.0 Å². The van der Waals surface area contributed by atoms with Crippen molar-refractivity contribution in [2.24, 2.45) is 5.92 Å². The van der Waals surface area contributed by atoms with Gasteiger partial charge >= 0.3 is 0 Å². The van der Waals surface area contributed by atoms with Crippen LogP contribution in [0.5, 0.6) is 0 Å². The second-order valence-corrected chi connectivity index (χ2v) is 7.88. The topological polar surface area (TPSA) is 46.6 Å². The van der Waals surface area contributed by atoms with Gasteiger partial charge in [-0.25, -0.2) is 12.7 Å². The number of sulfonamides is 1. The Labute approximate surface area is 133 Å². The molecular formula is C17H25NO3S. The summed E-state index contributed by atoms with van der Waals surface area (Å²) in [6.45, 7) is 8.04. The van der Waals surface area contributed by atoms with E-state index in [1.807, 2.05) is 31.2 Å². The molecule has 0 spiro atoms. The molecule has 1 aromatic rings. The van der Waals surface area contributed by atoms with E-state index in [2.05, 4.69) is 6.58 Å². The molecule has 2 rings (SSSR count). The van der Waals surface area contributed by atoms with Gasteiger partial charge in [0.1, 0.15) is 0 Å². The second-order valence-electron chi connectivity index (χ2n) is 5.91. The van der Waals surface area contributed by atoms with E-state index in [9.17, 15) is 8.42 Å². The highest BCUT2D eigenvalue weighted by Crippen LogP contribution is 2.22. The number of rotatable bonds is 7. The van der Waals surface area contributed by atoms with Crippen molar-refractivity contribution in [3.8, 4) is 0 Å². The number of hydrogen-bond donors (Lipinski definition) is 0. The smallest absolute Gasteiger partial charge is 0.218 e. The van der Waals surface area contributed by atoms with E-state index in [0.29, 0.717) is 32.2 Å². The molecule has 1 aliphatic heterocycles. The Kier molecular flexibility index (Phi) is 6.17. The van der Waals surface area contributed by atoms with Gasteiger partial charge < -0.3 is 4.74 Å². The minimum absolute atomic E-state index is 0.0896. The van der Waals surface area contributed by atoms with E-state index in [4.69, 9.17) is 4.74 Å². The molecule has 0 bridgehead atoms. The van der Waals surface area contributed by atoms with Gasteiger partial charge in [-0.15, -0.1) is 6.58 Å². The lowest BCUT2D eigenvalue weighted by molar-refractivity contribution is 0.0982. The largest absolute Gasteiger partial charge is 0.377 e. The molecule has 1 aromatic carbocycles. The standard InChI is InChI=1S/C17H25NO3S/c1-3-11-21-13-16-7-9-18(10-8-16)22(19,20)14-17-6-4-5-15(2)12-17/h3-6,12,16H,1,7-11,13-14H2,2H3. The van der Waals surface area contributed by atoms with E-state index in [0.717, 1.165) is 24.0 Å². The Morgan fingerprint density at radius 3 is 2.73 bits per heavy atom. The first kappa shape index (κ1) is 17.2. The van der Waals surface area contributed by atoms with Crippen molar-refractivity contribution >= 4 is 10.0 Å². The maximum absolute atomic E-state index is 12.5. The van der Waals surface area contributed by atoms with Gasteiger partial charge in [-0.05, 0) is 31.2 Å². The van der Waals surface area contributed by atoms with Crippen LogP contribution in [0.25, 0.3) is 0 Å². The molecule has 0 saturated carbocycles. The number of hydrogen-bond acceptors (Lipinski definition) is 3. The minimum atomic E-state index is -3.23. The van der Waals surface area contributed by atoms with Crippen molar-refractivity contribution < 1.29 is 13.2 Å². The van der Waals surface area contributed by atoms with E-state index in [1.54, 1.807) is 10.4 Å². The molecule has 1 aliphatic rings. The molecule has 122 valence electrons. The van der Waals surface area contributed by atoms with Crippen LogP contribution in [0.4, 0.5) is 0 Å². The molecule has 0 unspecified atom stereocenters. The summed E-state index contributed by atoms with van der Waals surface area (Å²) >= 11 is 0. The van der Waals surface area contributed by atoms with Crippen LogP contribution in [0.3, 0.4) is 0 Å². The summed E-state index contributed by atoms with van der Waals surface area (Å²) in [5.74, 6) is 0.539. The molecule has 1 fully saturated rings. The molecule has 0 aliphatic carbocycles. The third kappa shape index (κ3) is 4.93. The van der Waals surface area contributed by atoms with Crippen LogP contribution in [0.1, 0.15) is 24.0 Å². The van der Waals surface area contributed by atoms with Gasteiger partial charge in [-0.2, -0.15) is 0 Å². The lowest BCUT2D eigenvalue weighted by Gasteiger charge is -2.31.